The molecule has 0 radical (unpaired) electrons. The van der Waals surface area contributed by atoms with E-state index in [1.807, 2.05) is 6.92 Å². The summed E-state index contributed by atoms with van der Waals surface area (Å²) in [6.07, 6.45) is 3.85. The topological polar surface area (TPSA) is 92.0 Å². The first-order valence-electron chi connectivity index (χ1n) is 9.36. The van der Waals surface area contributed by atoms with Crippen LogP contribution in [0.25, 0.3) is 11.0 Å². The summed E-state index contributed by atoms with van der Waals surface area (Å²) in [7, 11) is 2.91. The predicted molar refractivity (Wildman–Crippen MR) is 104 cm³/mol. The number of ether oxygens (including phenoxy) is 3. The number of carbonyl (C=O) groups is 2. The van der Waals surface area contributed by atoms with Gasteiger partial charge >= 0.3 is 11.6 Å². The van der Waals surface area contributed by atoms with Crippen LogP contribution in [0, 0.1) is 5.92 Å². The Morgan fingerprint density at radius 2 is 1.86 bits per heavy atom. The number of esters is 1. The van der Waals surface area contributed by atoms with Gasteiger partial charge in [-0.2, -0.15) is 0 Å². The molecule has 2 aromatic rings. The van der Waals surface area contributed by atoms with Gasteiger partial charge in [-0.05, 0) is 18.4 Å². The van der Waals surface area contributed by atoms with Crippen LogP contribution in [0.1, 0.15) is 49.9 Å². The predicted octanol–water partition coefficient (Wildman–Crippen LogP) is 3.75. The lowest BCUT2D eigenvalue weighted by Gasteiger charge is -2.14. The van der Waals surface area contributed by atoms with Gasteiger partial charge in [0, 0.05) is 12.1 Å². The second kappa shape index (κ2) is 9.92. The summed E-state index contributed by atoms with van der Waals surface area (Å²) in [5, 5.41) is 0.383. The van der Waals surface area contributed by atoms with E-state index in [-0.39, 0.29) is 23.7 Å². The van der Waals surface area contributed by atoms with E-state index in [0.29, 0.717) is 16.9 Å². The minimum atomic E-state index is -1.06. The summed E-state index contributed by atoms with van der Waals surface area (Å²) in [5.74, 6) is -1.11. The van der Waals surface area contributed by atoms with Crippen LogP contribution in [0.4, 0.5) is 0 Å². The fraction of sp³-hybridized carbons (Fsp3) is 0.476. The van der Waals surface area contributed by atoms with Crippen molar-refractivity contribution in [2.24, 2.45) is 5.92 Å². The van der Waals surface area contributed by atoms with Gasteiger partial charge in [0.25, 0.3) is 5.78 Å². The van der Waals surface area contributed by atoms with Gasteiger partial charge in [0.2, 0.25) is 0 Å². The molecule has 2 rings (SSSR count). The van der Waals surface area contributed by atoms with E-state index in [4.69, 9.17) is 18.6 Å². The molecule has 0 aliphatic carbocycles. The lowest BCUT2D eigenvalue weighted by molar-refractivity contribution is -0.139. The normalized spacial score (nSPS) is 11.9. The smallest absolute Gasteiger partial charge is 0.379 e. The lowest BCUT2D eigenvalue weighted by Crippen LogP contribution is -2.25. The van der Waals surface area contributed by atoms with Crippen molar-refractivity contribution in [2.45, 2.75) is 39.5 Å². The van der Waals surface area contributed by atoms with Crippen LogP contribution in [-0.2, 0) is 9.53 Å². The molecule has 0 amide bonds. The summed E-state index contributed by atoms with van der Waals surface area (Å²) in [6, 6.07) is 4.39. The van der Waals surface area contributed by atoms with E-state index in [9.17, 15) is 14.4 Å². The van der Waals surface area contributed by atoms with Crippen molar-refractivity contribution in [1.29, 1.82) is 0 Å². The fourth-order valence-corrected chi connectivity index (χ4v) is 2.87. The highest BCUT2D eigenvalue weighted by Crippen LogP contribution is 2.30. The highest BCUT2D eigenvalue weighted by molar-refractivity contribution is 6.40. The van der Waals surface area contributed by atoms with Crippen LogP contribution in [0.2, 0.25) is 0 Å². The van der Waals surface area contributed by atoms with Crippen LogP contribution in [0.15, 0.2) is 27.4 Å². The average molecular weight is 390 g/mol. The van der Waals surface area contributed by atoms with Gasteiger partial charge in [-0.25, -0.2) is 9.59 Å². The van der Waals surface area contributed by atoms with Gasteiger partial charge in [0.05, 0.1) is 26.2 Å². The standard InChI is InChI=1S/C21H26O7/c1-5-7-8-13(6-2)12-27-21(24)19(22)16-11-15-17(26-4)9-14(25-3)10-18(15)28-20(16)23/h9-11,13H,5-8,12H2,1-4H3. The molecule has 1 heterocycles. The molecule has 0 aliphatic heterocycles. The highest BCUT2D eigenvalue weighted by atomic mass is 16.5. The van der Waals surface area contributed by atoms with Gasteiger partial charge in [-0.1, -0.05) is 33.1 Å². The summed E-state index contributed by atoms with van der Waals surface area (Å²) >= 11 is 0. The van der Waals surface area contributed by atoms with Gasteiger partial charge in [0.1, 0.15) is 22.6 Å². The molecule has 1 aromatic heterocycles. The minimum absolute atomic E-state index is 0.153. The Bertz CT molecular complexity index is 897. The summed E-state index contributed by atoms with van der Waals surface area (Å²) in [6.45, 7) is 4.25. The Labute approximate surface area is 163 Å². The molecule has 1 unspecified atom stereocenters. The van der Waals surface area contributed by atoms with Gasteiger partial charge in [-0.15, -0.1) is 0 Å². The third kappa shape index (κ3) is 4.91. The van der Waals surface area contributed by atoms with Gasteiger partial charge < -0.3 is 18.6 Å². The monoisotopic (exact) mass is 390 g/mol. The zero-order valence-corrected chi connectivity index (χ0v) is 16.7. The van der Waals surface area contributed by atoms with Crippen molar-refractivity contribution >= 4 is 22.7 Å². The molecule has 0 fully saturated rings. The third-order valence-corrected chi connectivity index (χ3v) is 4.67. The van der Waals surface area contributed by atoms with E-state index < -0.39 is 17.4 Å². The SMILES string of the molecule is CCCCC(CC)COC(=O)C(=O)c1cc2c(OC)cc(OC)cc2oc1=O. The van der Waals surface area contributed by atoms with Crippen LogP contribution in [-0.4, -0.2) is 32.6 Å². The van der Waals surface area contributed by atoms with Crippen molar-refractivity contribution in [3.8, 4) is 11.5 Å². The molecule has 1 atom stereocenters. The van der Waals surface area contributed by atoms with E-state index >= 15 is 0 Å². The molecule has 0 spiro atoms. The largest absolute Gasteiger partial charge is 0.496 e. The van der Waals surface area contributed by atoms with E-state index in [1.54, 1.807) is 6.07 Å². The molecule has 1 aromatic carbocycles. The Morgan fingerprint density at radius 1 is 1.11 bits per heavy atom. The van der Waals surface area contributed by atoms with E-state index in [0.717, 1.165) is 25.7 Å². The molecular weight excluding hydrogens is 364 g/mol. The maximum absolute atomic E-state index is 12.4. The Kier molecular flexibility index (Phi) is 7.61. The zero-order valence-electron chi connectivity index (χ0n) is 16.7. The van der Waals surface area contributed by atoms with Gasteiger partial charge in [-0.3, -0.25) is 4.79 Å². The summed E-state index contributed by atoms with van der Waals surface area (Å²) in [4.78, 5) is 36.9. The quantitative estimate of drug-likeness (QED) is 0.264. The molecule has 7 nitrogen and oxygen atoms in total. The molecular formula is C21H26O7. The Hall–Kier alpha value is -2.83. The first-order valence-corrected chi connectivity index (χ1v) is 9.36. The van der Waals surface area contributed by atoms with Crippen molar-refractivity contribution in [3.63, 3.8) is 0 Å². The third-order valence-electron chi connectivity index (χ3n) is 4.67. The Balaban J connectivity index is 2.26. The number of hydrogen-bond acceptors (Lipinski definition) is 7. The van der Waals surface area contributed by atoms with Crippen molar-refractivity contribution in [2.75, 3.05) is 20.8 Å². The first-order chi connectivity index (χ1) is 13.4. The highest BCUT2D eigenvalue weighted by Gasteiger charge is 2.25. The van der Waals surface area contributed by atoms with Gasteiger partial charge in [0.15, 0.2) is 0 Å². The van der Waals surface area contributed by atoms with Crippen LogP contribution < -0.4 is 15.1 Å². The molecule has 28 heavy (non-hydrogen) atoms. The number of ketones is 1. The number of unbranched alkanes of at least 4 members (excludes halogenated alkanes) is 1. The second-order valence-electron chi connectivity index (χ2n) is 6.53. The van der Waals surface area contributed by atoms with E-state index in [2.05, 4.69) is 6.92 Å². The first kappa shape index (κ1) is 21.5. The molecule has 0 bridgehead atoms. The van der Waals surface area contributed by atoms with Crippen LogP contribution in [0.5, 0.6) is 11.5 Å². The fourth-order valence-electron chi connectivity index (χ4n) is 2.87. The number of rotatable bonds is 10. The number of Topliss-reactive ketones (excluding diaryl/α,β-unsaturated/α-hetero) is 1. The number of fused-ring (bicyclic) bond motifs is 1. The molecule has 0 aliphatic rings. The lowest BCUT2D eigenvalue weighted by atomic mass is 10.0. The average Bonchev–Trinajstić information content (AvgIpc) is 2.71. The van der Waals surface area contributed by atoms with E-state index in [1.165, 1.54) is 26.4 Å². The summed E-state index contributed by atoms with van der Waals surface area (Å²) < 4.78 is 20.7. The molecule has 7 heteroatoms. The number of hydrogen-bond donors (Lipinski definition) is 0. The molecule has 0 saturated heterocycles. The Morgan fingerprint density at radius 3 is 2.46 bits per heavy atom. The number of methoxy groups -OCH3 is 2. The molecule has 0 saturated carbocycles. The maximum atomic E-state index is 12.4. The summed E-state index contributed by atoms with van der Waals surface area (Å²) in [5.41, 5.74) is -1.11. The van der Waals surface area contributed by atoms with Crippen LogP contribution >= 0.6 is 0 Å². The zero-order chi connectivity index (χ0) is 20.7. The second-order valence-corrected chi connectivity index (χ2v) is 6.53. The van der Waals surface area contributed by atoms with Crippen molar-refractivity contribution in [1.82, 2.24) is 0 Å². The molecule has 152 valence electrons. The number of carbonyl (C=O) groups excluding carboxylic acids is 2. The van der Waals surface area contributed by atoms with Crippen LogP contribution in [0.3, 0.4) is 0 Å². The number of benzene rings is 1. The maximum Gasteiger partial charge on any atom is 0.379 e. The van der Waals surface area contributed by atoms with Crippen molar-refractivity contribution < 1.29 is 28.2 Å². The minimum Gasteiger partial charge on any atom is -0.496 e. The van der Waals surface area contributed by atoms with Crippen molar-refractivity contribution in [3.05, 3.63) is 34.2 Å². The molecule has 0 N–H and O–H groups in total.